The monoisotopic (exact) mass is 713 g/mol. The summed E-state index contributed by atoms with van der Waals surface area (Å²) in [5, 5.41) is 6.58. The Labute approximate surface area is 322 Å². The molecule has 0 bridgehead atoms. The molecule has 5 heterocycles. The first-order valence-electron chi connectivity index (χ1n) is 18.7. The number of pyridine rings is 5. The van der Waals surface area contributed by atoms with Crippen molar-refractivity contribution in [3.63, 3.8) is 0 Å². The van der Waals surface area contributed by atoms with E-state index in [-0.39, 0.29) is 0 Å². The van der Waals surface area contributed by atoms with Crippen molar-refractivity contribution in [2.24, 2.45) is 0 Å². The van der Waals surface area contributed by atoms with Crippen LogP contribution in [0.15, 0.2) is 188 Å². The molecular weight excluding hydrogens is 683 g/mol. The van der Waals surface area contributed by atoms with Crippen molar-refractivity contribution in [2.75, 3.05) is 0 Å². The fourth-order valence-electron chi connectivity index (χ4n) is 7.74. The largest absolute Gasteiger partial charge is 0.263 e. The molecule has 0 saturated carbocycles. The van der Waals surface area contributed by atoms with Crippen LogP contribution in [0.1, 0.15) is 0 Å². The molecule has 0 radical (unpaired) electrons. The molecule has 0 N–H and O–H groups in total. The van der Waals surface area contributed by atoms with E-state index in [4.69, 9.17) is 19.9 Å². The Morgan fingerprint density at radius 1 is 0.286 bits per heavy atom. The van der Waals surface area contributed by atoms with E-state index in [0.29, 0.717) is 0 Å². The van der Waals surface area contributed by atoms with Gasteiger partial charge in [-0.1, -0.05) is 133 Å². The van der Waals surface area contributed by atoms with Crippen LogP contribution in [0.5, 0.6) is 0 Å². The van der Waals surface area contributed by atoms with E-state index >= 15 is 0 Å². The zero-order chi connectivity index (χ0) is 37.0. The van der Waals surface area contributed by atoms with Crippen LogP contribution in [-0.4, -0.2) is 24.9 Å². The minimum absolute atomic E-state index is 0.903. The van der Waals surface area contributed by atoms with Crippen molar-refractivity contribution in [1.82, 2.24) is 24.9 Å². The number of hydrogen-bond donors (Lipinski definition) is 0. The summed E-state index contributed by atoms with van der Waals surface area (Å²) in [5.41, 5.74) is 13.9. The fraction of sp³-hybridized carbons (Fsp3) is 0. The lowest BCUT2D eigenvalue weighted by molar-refractivity contribution is 1.33. The van der Waals surface area contributed by atoms with Gasteiger partial charge < -0.3 is 0 Å². The molecular formula is C51H31N5. The standard InChI is InChI=1S/C51H31N5/c1-2-6-32(7-3-1)45-23-19-36-15-16-37-20-24-46(56-51(37)50(36)55-45)34-12-10-33(11-13-34)44-26-22-40-28-38(21-25-47(40)53-44)39-17-14-35-18-27-48(54-49(35)29-39)43-31-52-30-41-8-4-5-9-42(41)43/h1-31H. The van der Waals surface area contributed by atoms with Gasteiger partial charge in [0.05, 0.1) is 44.8 Å². The maximum absolute atomic E-state index is 5.15. The number of nitrogens with zero attached hydrogens (tertiary/aromatic N) is 5. The number of hydrogen-bond acceptors (Lipinski definition) is 5. The second-order valence-electron chi connectivity index (χ2n) is 14.2. The fourth-order valence-corrected chi connectivity index (χ4v) is 7.74. The molecule has 0 aliphatic carbocycles. The van der Waals surface area contributed by atoms with Gasteiger partial charge in [0.2, 0.25) is 0 Å². The molecule has 260 valence electrons. The van der Waals surface area contributed by atoms with Crippen LogP contribution in [0, 0.1) is 0 Å². The summed E-state index contributed by atoms with van der Waals surface area (Å²) in [4.78, 5) is 24.9. The molecule has 0 aliphatic rings. The summed E-state index contributed by atoms with van der Waals surface area (Å²) in [6.45, 7) is 0. The maximum Gasteiger partial charge on any atom is 0.0972 e. The van der Waals surface area contributed by atoms with Crippen LogP contribution in [0.2, 0.25) is 0 Å². The Bertz CT molecular complexity index is 3300. The van der Waals surface area contributed by atoms with Gasteiger partial charge in [-0.15, -0.1) is 0 Å². The van der Waals surface area contributed by atoms with Crippen LogP contribution in [0.4, 0.5) is 0 Å². The van der Waals surface area contributed by atoms with E-state index in [2.05, 4.69) is 157 Å². The molecule has 6 aromatic carbocycles. The number of fused-ring (bicyclic) bond motifs is 6. The van der Waals surface area contributed by atoms with Gasteiger partial charge in [-0.05, 0) is 59.0 Å². The molecule has 0 aliphatic heterocycles. The van der Waals surface area contributed by atoms with E-state index in [9.17, 15) is 0 Å². The number of benzene rings is 6. The SMILES string of the molecule is c1ccc(-c2ccc3ccc4ccc(-c5ccc(-c6ccc7cc(-c8ccc9ccc(-c%10cncc%11ccccc%10%11)nc9c8)ccc7n6)cc5)nc4c3n2)cc1. The van der Waals surface area contributed by atoms with Crippen molar-refractivity contribution >= 4 is 54.4 Å². The van der Waals surface area contributed by atoms with Gasteiger partial charge in [0.15, 0.2) is 0 Å². The third-order valence-electron chi connectivity index (χ3n) is 10.7. The second kappa shape index (κ2) is 13.0. The summed E-state index contributed by atoms with van der Waals surface area (Å²) in [6, 6.07) is 61.2. The molecule has 0 atom stereocenters. The van der Waals surface area contributed by atoms with Gasteiger partial charge >= 0.3 is 0 Å². The molecule has 11 aromatic rings. The molecule has 0 fully saturated rings. The third kappa shape index (κ3) is 5.62. The van der Waals surface area contributed by atoms with Crippen LogP contribution in [0.25, 0.3) is 111 Å². The van der Waals surface area contributed by atoms with Crippen LogP contribution < -0.4 is 0 Å². The first kappa shape index (κ1) is 31.9. The van der Waals surface area contributed by atoms with Crippen LogP contribution in [-0.2, 0) is 0 Å². The van der Waals surface area contributed by atoms with E-state index in [1.54, 1.807) is 0 Å². The molecule has 0 spiro atoms. The average Bonchev–Trinajstić information content (AvgIpc) is 3.28. The quantitative estimate of drug-likeness (QED) is 0.166. The van der Waals surface area contributed by atoms with E-state index in [1.165, 1.54) is 0 Å². The van der Waals surface area contributed by atoms with Gasteiger partial charge in [0.1, 0.15) is 0 Å². The Morgan fingerprint density at radius 3 is 1.55 bits per heavy atom. The van der Waals surface area contributed by atoms with Crippen molar-refractivity contribution in [2.45, 2.75) is 0 Å². The Hall–Kier alpha value is -7.63. The zero-order valence-corrected chi connectivity index (χ0v) is 30.1. The van der Waals surface area contributed by atoms with Gasteiger partial charge in [-0.2, -0.15) is 0 Å². The highest BCUT2D eigenvalue weighted by molar-refractivity contribution is 6.04. The van der Waals surface area contributed by atoms with Crippen molar-refractivity contribution in [1.29, 1.82) is 0 Å². The highest BCUT2D eigenvalue weighted by Crippen LogP contribution is 2.33. The number of rotatable bonds is 5. The Balaban J connectivity index is 0.880. The highest BCUT2D eigenvalue weighted by atomic mass is 14.8. The number of aromatic nitrogens is 5. The highest BCUT2D eigenvalue weighted by Gasteiger charge is 2.12. The average molecular weight is 714 g/mol. The van der Waals surface area contributed by atoms with Gasteiger partial charge in [0.25, 0.3) is 0 Å². The molecule has 5 nitrogen and oxygen atoms in total. The molecule has 56 heavy (non-hydrogen) atoms. The van der Waals surface area contributed by atoms with E-state index in [1.807, 2.05) is 36.7 Å². The topological polar surface area (TPSA) is 64.5 Å². The lowest BCUT2D eigenvalue weighted by atomic mass is 10.00. The van der Waals surface area contributed by atoms with Crippen LogP contribution in [0.3, 0.4) is 0 Å². The van der Waals surface area contributed by atoms with Crippen molar-refractivity contribution in [3.8, 4) is 56.2 Å². The van der Waals surface area contributed by atoms with Gasteiger partial charge in [-0.3, -0.25) is 4.98 Å². The van der Waals surface area contributed by atoms with E-state index in [0.717, 1.165) is 111 Å². The minimum Gasteiger partial charge on any atom is -0.263 e. The summed E-state index contributed by atoms with van der Waals surface area (Å²) in [7, 11) is 0. The predicted molar refractivity (Wildman–Crippen MR) is 230 cm³/mol. The lowest BCUT2D eigenvalue weighted by Crippen LogP contribution is -1.91. The van der Waals surface area contributed by atoms with E-state index < -0.39 is 0 Å². The first-order valence-corrected chi connectivity index (χ1v) is 18.7. The summed E-state index contributed by atoms with van der Waals surface area (Å²) >= 11 is 0. The Kier molecular flexibility index (Phi) is 7.42. The first-order chi connectivity index (χ1) is 27.7. The van der Waals surface area contributed by atoms with Crippen molar-refractivity contribution in [3.05, 3.63) is 188 Å². The third-order valence-corrected chi connectivity index (χ3v) is 10.7. The lowest BCUT2D eigenvalue weighted by Gasteiger charge is -2.10. The summed E-state index contributed by atoms with van der Waals surface area (Å²) in [5.74, 6) is 0. The minimum atomic E-state index is 0.903. The molecule has 0 amide bonds. The summed E-state index contributed by atoms with van der Waals surface area (Å²) in [6.07, 6.45) is 3.80. The van der Waals surface area contributed by atoms with Crippen LogP contribution >= 0.6 is 0 Å². The second-order valence-corrected chi connectivity index (χ2v) is 14.2. The molecule has 11 rings (SSSR count). The molecule has 0 unspecified atom stereocenters. The van der Waals surface area contributed by atoms with Gasteiger partial charge in [0, 0.05) is 61.6 Å². The molecule has 0 saturated heterocycles. The zero-order valence-electron chi connectivity index (χ0n) is 30.1. The van der Waals surface area contributed by atoms with Crippen molar-refractivity contribution < 1.29 is 0 Å². The Morgan fingerprint density at radius 2 is 0.804 bits per heavy atom. The smallest absolute Gasteiger partial charge is 0.0972 e. The normalized spacial score (nSPS) is 11.6. The molecule has 5 heteroatoms. The molecule has 5 aromatic heterocycles. The maximum atomic E-state index is 5.15. The van der Waals surface area contributed by atoms with Gasteiger partial charge in [-0.25, -0.2) is 19.9 Å². The predicted octanol–water partition coefficient (Wildman–Crippen LogP) is 12.8. The summed E-state index contributed by atoms with van der Waals surface area (Å²) < 4.78 is 0.